The number of anilines is 2. The topological polar surface area (TPSA) is 113 Å². The smallest absolute Gasteiger partial charge is 0.246 e. The molecule has 0 aliphatic rings. The van der Waals surface area contributed by atoms with E-state index < -0.39 is 10.0 Å². The van der Waals surface area contributed by atoms with Gasteiger partial charge in [-0.3, -0.25) is 0 Å². The van der Waals surface area contributed by atoms with Crippen LogP contribution in [0, 0.1) is 20.8 Å². The molecule has 0 radical (unpaired) electrons. The lowest BCUT2D eigenvalue weighted by Crippen LogP contribution is -2.29. The van der Waals surface area contributed by atoms with Crippen LogP contribution in [0.1, 0.15) is 17.3 Å². The van der Waals surface area contributed by atoms with Gasteiger partial charge in [0.1, 0.15) is 28.0 Å². The Labute approximate surface area is 141 Å². The minimum absolute atomic E-state index is 0.0928. The Kier molecular flexibility index (Phi) is 5.40. The van der Waals surface area contributed by atoms with Crippen molar-refractivity contribution in [3.8, 4) is 0 Å². The van der Waals surface area contributed by atoms with Crippen LogP contribution in [-0.2, 0) is 10.0 Å². The average Bonchev–Trinajstić information content (AvgIpc) is 2.83. The van der Waals surface area contributed by atoms with E-state index in [9.17, 15) is 8.42 Å². The Bertz CT molecular complexity index is 796. The van der Waals surface area contributed by atoms with Crippen molar-refractivity contribution in [2.75, 3.05) is 37.4 Å². The highest BCUT2D eigenvalue weighted by Gasteiger charge is 2.23. The van der Waals surface area contributed by atoms with Crippen LogP contribution in [0.15, 0.2) is 15.5 Å². The van der Waals surface area contributed by atoms with E-state index in [2.05, 4.69) is 25.2 Å². The number of aromatic nitrogens is 3. The zero-order valence-corrected chi connectivity index (χ0v) is 15.2. The zero-order valence-electron chi connectivity index (χ0n) is 14.4. The first-order valence-corrected chi connectivity index (χ1v) is 8.88. The van der Waals surface area contributed by atoms with Gasteiger partial charge in [0, 0.05) is 33.3 Å². The van der Waals surface area contributed by atoms with E-state index >= 15 is 0 Å². The van der Waals surface area contributed by atoms with Gasteiger partial charge < -0.3 is 14.7 Å². The van der Waals surface area contributed by atoms with Gasteiger partial charge in [-0.1, -0.05) is 5.16 Å². The number of hydrogen-bond acceptors (Lipinski definition) is 8. The molecule has 10 heteroatoms. The number of sulfonamides is 1. The molecule has 132 valence electrons. The van der Waals surface area contributed by atoms with E-state index in [1.807, 2.05) is 19.0 Å². The molecule has 0 aliphatic carbocycles. The maximum Gasteiger partial charge on any atom is 0.246 e. The molecule has 2 rings (SSSR count). The summed E-state index contributed by atoms with van der Waals surface area (Å²) >= 11 is 0. The lowest BCUT2D eigenvalue weighted by molar-refractivity contribution is 0.390. The monoisotopic (exact) mass is 354 g/mol. The lowest BCUT2D eigenvalue weighted by Gasteiger charge is -2.14. The number of aryl methyl sites for hydroxylation is 3. The van der Waals surface area contributed by atoms with Gasteiger partial charge in [-0.2, -0.15) is 0 Å². The molecular formula is C14H22N6O3S. The molecule has 9 nitrogen and oxygen atoms in total. The van der Waals surface area contributed by atoms with E-state index in [1.165, 1.54) is 0 Å². The van der Waals surface area contributed by atoms with Crippen LogP contribution < -0.4 is 14.9 Å². The van der Waals surface area contributed by atoms with E-state index in [1.54, 1.807) is 26.8 Å². The highest BCUT2D eigenvalue weighted by molar-refractivity contribution is 7.89. The molecule has 0 aromatic carbocycles. The summed E-state index contributed by atoms with van der Waals surface area (Å²) in [5.41, 5.74) is 0.343. The molecular weight excluding hydrogens is 332 g/mol. The van der Waals surface area contributed by atoms with Crippen LogP contribution in [0.4, 0.5) is 11.6 Å². The maximum absolute atomic E-state index is 12.3. The summed E-state index contributed by atoms with van der Waals surface area (Å²) in [5.74, 6) is 2.33. The Morgan fingerprint density at radius 3 is 2.46 bits per heavy atom. The normalized spacial score (nSPS) is 11.5. The molecule has 0 unspecified atom stereocenters. The predicted octanol–water partition coefficient (Wildman–Crippen LogP) is 0.846. The number of nitrogens with zero attached hydrogens (tertiary/aromatic N) is 4. The van der Waals surface area contributed by atoms with E-state index in [4.69, 9.17) is 4.52 Å². The molecule has 2 aromatic heterocycles. The molecule has 2 N–H and O–H groups in total. The highest BCUT2D eigenvalue weighted by Crippen LogP contribution is 2.18. The van der Waals surface area contributed by atoms with Gasteiger partial charge in [-0.25, -0.2) is 23.1 Å². The van der Waals surface area contributed by atoms with Crippen molar-refractivity contribution in [1.29, 1.82) is 0 Å². The summed E-state index contributed by atoms with van der Waals surface area (Å²) < 4.78 is 32.0. The fraction of sp³-hybridized carbons (Fsp3) is 0.500. The van der Waals surface area contributed by atoms with Crippen LogP contribution in [0.25, 0.3) is 0 Å². The van der Waals surface area contributed by atoms with Crippen molar-refractivity contribution >= 4 is 21.7 Å². The van der Waals surface area contributed by atoms with Crippen LogP contribution in [-0.4, -0.2) is 50.7 Å². The number of nitrogens with one attached hydrogen (secondary N) is 2. The maximum atomic E-state index is 12.3. The zero-order chi connectivity index (χ0) is 17.9. The highest BCUT2D eigenvalue weighted by atomic mass is 32.2. The predicted molar refractivity (Wildman–Crippen MR) is 90.8 cm³/mol. The SMILES string of the molecule is Cc1nc(NCCNS(=O)(=O)c2c(C)noc2C)cc(N(C)C)n1. The summed E-state index contributed by atoms with van der Waals surface area (Å²) in [6.07, 6.45) is 0. The second-order valence-corrected chi connectivity index (χ2v) is 7.23. The average molecular weight is 354 g/mol. The fourth-order valence-electron chi connectivity index (χ4n) is 2.18. The minimum atomic E-state index is -3.65. The summed E-state index contributed by atoms with van der Waals surface area (Å²) in [4.78, 5) is 10.5. The molecule has 0 atom stereocenters. The Hall–Kier alpha value is -2.20. The molecule has 0 bridgehead atoms. The first-order chi connectivity index (χ1) is 11.2. The first kappa shape index (κ1) is 18.1. The van der Waals surface area contributed by atoms with Crippen molar-refractivity contribution in [2.24, 2.45) is 0 Å². The standard InChI is InChI=1S/C14H22N6O3S/c1-9-14(10(2)23-19-9)24(21,22)16-7-6-15-12-8-13(20(4)5)18-11(3)17-12/h8,16H,6-7H2,1-5H3,(H,15,17,18). The Morgan fingerprint density at radius 1 is 1.17 bits per heavy atom. The van der Waals surface area contributed by atoms with Crippen molar-refractivity contribution < 1.29 is 12.9 Å². The summed E-state index contributed by atoms with van der Waals surface area (Å²) in [7, 11) is 0.135. The van der Waals surface area contributed by atoms with Gasteiger partial charge in [0.25, 0.3) is 0 Å². The van der Waals surface area contributed by atoms with Crippen molar-refractivity contribution in [1.82, 2.24) is 19.8 Å². The number of rotatable bonds is 7. The summed E-state index contributed by atoms with van der Waals surface area (Å²) in [6, 6.07) is 1.80. The molecule has 2 heterocycles. The van der Waals surface area contributed by atoms with Crippen LogP contribution in [0.2, 0.25) is 0 Å². The molecule has 0 fully saturated rings. The van der Waals surface area contributed by atoms with Crippen LogP contribution >= 0.6 is 0 Å². The summed E-state index contributed by atoms with van der Waals surface area (Å²) in [6.45, 7) is 5.55. The van der Waals surface area contributed by atoms with Gasteiger partial charge in [0.15, 0.2) is 5.76 Å². The van der Waals surface area contributed by atoms with Crippen molar-refractivity contribution in [3.05, 3.63) is 23.3 Å². The lowest BCUT2D eigenvalue weighted by atomic mass is 10.4. The van der Waals surface area contributed by atoms with E-state index in [-0.39, 0.29) is 17.2 Å². The molecule has 0 amide bonds. The van der Waals surface area contributed by atoms with Gasteiger partial charge in [0.2, 0.25) is 10.0 Å². The second-order valence-electron chi connectivity index (χ2n) is 5.53. The largest absolute Gasteiger partial charge is 0.369 e. The fourth-order valence-corrected chi connectivity index (χ4v) is 3.54. The minimum Gasteiger partial charge on any atom is -0.369 e. The van der Waals surface area contributed by atoms with Gasteiger partial charge >= 0.3 is 0 Å². The Morgan fingerprint density at radius 2 is 1.88 bits per heavy atom. The van der Waals surface area contributed by atoms with Gasteiger partial charge in [-0.05, 0) is 20.8 Å². The molecule has 0 saturated heterocycles. The van der Waals surface area contributed by atoms with Crippen molar-refractivity contribution in [2.45, 2.75) is 25.7 Å². The first-order valence-electron chi connectivity index (χ1n) is 7.40. The Balaban J connectivity index is 1.96. The second kappa shape index (κ2) is 7.14. The number of hydrogen-bond donors (Lipinski definition) is 2. The molecule has 0 spiro atoms. The third kappa shape index (κ3) is 4.20. The molecule has 24 heavy (non-hydrogen) atoms. The van der Waals surface area contributed by atoms with Crippen molar-refractivity contribution in [3.63, 3.8) is 0 Å². The molecule has 2 aromatic rings. The van der Waals surface area contributed by atoms with E-state index in [0.29, 0.717) is 23.9 Å². The van der Waals surface area contributed by atoms with Crippen LogP contribution in [0.5, 0.6) is 0 Å². The quantitative estimate of drug-likeness (QED) is 0.704. The molecule has 0 saturated carbocycles. The van der Waals surface area contributed by atoms with Gasteiger partial charge in [-0.15, -0.1) is 0 Å². The van der Waals surface area contributed by atoms with Gasteiger partial charge in [0.05, 0.1) is 0 Å². The third-order valence-electron chi connectivity index (χ3n) is 3.24. The van der Waals surface area contributed by atoms with Crippen LogP contribution in [0.3, 0.4) is 0 Å². The summed E-state index contributed by atoms with van der Waals surface area (Å²) in [5, 5.41) is 6.75. The van der Waals surface area contributed by atoms with E-state index in [0.717, 1.165) is 5.82 Å². The third-order valence-corrected chi connectivity index (χ3v) is 4.95. The molecule has 0 aliphatic heterocycles.